The molecule has 2 rings (SSSR count). The van der Waals surface area contributed by atoms with E-state index in [-0.39, 0.29) is 5.92 Å². The van der Waals surface area contributed by atoms with E-state index in [0.717, 1.165) is 18.5 Å². The lowest BCUT2D eigenvalue weighted by molar-refractivity contribution is -0.143. The maximum absolute atomic E-state index is 11.1. The van der Waals surface area contributed by atoms with E-state index in [0.29, 0.717) is 43.2 Å². The molecule has 0 amide bonds. The number of hydrogen-bond donors (Lipinski definition) is 2. The molecular formula is C18H27NO6. The molecule has 0 radical (unpaired) electrons. The van der Waals surface area contributed by atoms with Crippen LogP contribution in [0.15, 0.2) is 12.1 Å². The van der Waals surface area contributed by atoms with E-state index < -0.39 is 12.1 Å². The quantitative estimate of drug-likeness (QED) is 0.730. The summed E-state index contributed by atoms with van der Waals surface area (Å²) in [7, 11) is 4.65. The maximum Gasteiger partial charge on any atom is 0.307 e. The topological polar surface area (TPSA) is 88.5 Å². The fraction of sp³-hybridized carbons (Fsp3) is 0.611. The Morgan fingerprint density at radius 2 is 1.88 bits per heavy atom. The number of carboxylic acid groups (broad SMARTS) is 1. The molecule has 0 aliphatic carbocycles. The van der Waals surface area contributed by atoms with E-state index in [1.165, 1.54) is 0 Å². The van der Waals surface area contributed by atoms with Crippen LogP contribution >= 0.6 is 0 Å². The molecule has 7 nitrogen and oxygen atoms in total. The molecule has 25 heavy (non-hydrogen) atoms. The number of ether oxygens (including phenoxy) is 3. The monoisotopic (exact) mass is 353 g/mol. The molecule has 0 bridgehead atoms. The molecule has 0 spiro atoms. The Labute approximate surface area is 148 Å². The highest BCUT2D eigenvalue weighted by atomic mass is 16.5. The molecule has 1 aromatic rings. The Bertz CT molecular complexity index is 566. The van der Waals surface area contributed by atoms with Gasteiger partial charge >= 0.3 is 5.97 Å². The summed E-state index contributed by atoms with van der Waals surface area (Å²) in [4.78, 5) is 13.2. The summed E-state index contributed by atoms with van der Waals surface area (Å²) in [6.07, 6.45) is 1.36. The molecule has 2 unspecified atom stereocenters. The van der Waals surface area contributed by atoms with Gasteiger partial charge in [-0.05, 0) is 43.5 Å². The summed E-state index contributed by atoms with van der Waals surface area (Å²) in [5.74, 6) is 0.510. The normalized spacial score (nSPS) is 19.3. The smallest absolute Gasteiger partial charge is 0.307 e. The molecule has 1 aliphatic heterocycles. The van der Waals surface area contributed by atoms with Crippen molar-refractivity contribution < 1.29 is 29.2 Å². The van der Waals surface area contributed by atoms with Gasteiger partial charge in [0.1, 0.15) is 0 Å². The molecule has 140 valence electrons. The lowest BCUT2D eigenvalue weighted by Gasteiger charge is -2.32. The van der Waals surface area contributed by atoms with Gasteiger partial charge in [0, 0.05) is 13.1 Å². The number of hydrogen-bond acceptors (Lipinski definition) is 6. The van der Waals surface area contributed by atoms with Gasteiger partial charge in [-0.25, -0.2) is 0 Å². The Hall–Kier alpha value is -1.99. The third kappa shape index (κ3) is 4.99. The third-order valence-electron chi connectivity index (χ3n) is 4.52. The van der Waals surface area contributed by atoms with Crippen LogP contribution in [0.5, 0.6) is 17.2 Å². The molecule has 1 heterocycles. The highest BCUT2D eigenvalue weighted by molar-refractivity contribution is 5.70. The van der Waals surface area contributed by atoms with Crippen LogP contribution in [0.25, 0.3) is 0 Å². The molecule has 0 saturated carbocycles. The molecule has 0 aromatic heterocycles. The summed E-state index contributed by atoms with van der Waals surface area (Å²) in [6.45, 7) is 1.75. The summed E-state index contributed by atoms with van der Waals surface area (Å²) < 4.78 is 16.0. The van der Waals surface area contributed by atoms with Crippen LogP contribution in [0, 0.1) is 5.92 Å². The zero-order valence-electron chi connectivity index (χ0n) is 15.0. The van der Waals surface area contributed by atoms with Crippen molar-refractivity contribution in [1.82, 2.24) is 4.90 Å². The molecule has 1 aromatic carbocycles. The van der Waals surface area contributed by atoms with Gasteiger partial charge in [0.05, 0.1) is 33.4 Å². The number of carboxylic acids is 1. The van der Waals surface area contributed by atoms with E-state index in [9.17, 15) is 9.90 Å². The van der Waals surface area contributed by atoms with Crippen molar-refractivity contribution >= 4 is 5.97 Å². The van der Waals surface area contributed by atoms with Gasteiger partial charge in [0.15, 0.2) is 11.5 Å². The fourth-order valence-electron chi connectivity index (χ4n) is 3.31. The van der Waals surface area contributed by atoms with Crippen LogP contribution in [0.2, 0.25) is 0 Å². The van der Waals surface area contributed by atoms with E-state index >= 15 is 0 Å². The minimum absolute atomic E-state index is 0.345. The predicted octanol–water partition coefficient (Wildman–Crippen LogP) is 1.41. The minimum atomic E-state index is -0.760. The van der Waals surface area contributed by atoms with Crippen LogP contribution in [0.4, 0.5) is 0 Å². The predicted molar refractivity (Wildman–Crippen MR) is 92.6 cm³/mol. The number of carbonyl (C=O) groups is 1. The Kier molecular flexibility index (Phi) is 6.90. The molecule has 2 N–H and O–H groups in total. The molecular weight excluding hydrogens is 326 g/mol. The van der Waals surface area contributed by atoms with Crippen molar-refractivity contribution in [2.75, 3.05) is 41.0 Å². The summed E-state index contributed by atoms with van der Waals surface area (Å²) >= 11 is 0. The lowest BCUT2D eigenvalue weighted by atomic mass is 9.97. The highest BCUT2D eigenvalue weighted by Crippen LogP contribution is 2.38. The molecule has 1 aliphatic rings. The van der Waals surface area contributed by atoms with Gasteiger partial charge in [-0.2, -0.15) is 0 Å². The third-order valence-corrected chi connectivity index (χ3v) is 4.52. The Morgan fingerprint density at radius 1 is 1.24 bits per heavy atom. The fourth-order valence-corrected chi connectivity index (χ4v) is 3.31. The molecule has 7 heteroatoms. The van der Waals surface area contributed by atoms with Crippen molar-refractivity contribution in [2.45, 2.75) is 25.4 Å². The first kappa shape index (κ1) is 19.3. The Balaban J connectivity index is 2.02. The summed E-state index contributed by atoms with van der Waals surface area (Å²) in [6, 6.07) is 3.64. The van der Waals surface area contributed by atoms with E-state index in [1.54, 1.807) is 21.3 Å². The average Bonchev–Trinajstić information content (AvgIpc) is 2.60. The number of aliphatic carboxylic acids is 1. The molecule has 1 saturated heterocycles. The zero-order chi connectivity index (χ0) is 18.4. The first-order valence-electron chi connectivity index (χ1n) is 8.40. The highest BCUT2D eigenvalue weighted by Gasteiger charge is 2.26. The summed E-state index contributed by atoms with van der Waals surface area (Å²) in [5, 5.41) is 19.6. The van der Waals surface area contributed by atoms with E-state index in [2.05, 4.69) is 0 Å². The SMILES string of the molecule is COc1cc(CC(O)CN2CCCC(C(=O)O)C2)cc(OC)c1OC. The van der Waals surface area contributed by atoms with E-state index in [1.807, 2.05) is 17.0 Å². The zero-order valence-corrected chi connectivity index (χ0v) is 15.0. The lowest BCUT2D eigenvalue weighted by Crippen LogP contribution is -2.42. The van der Waals surface area contributed by atoms with Gasteiger partial charge in [-0.3, -0.25) is 9.69 Å². The van der Waals surface area contributed by atoms with Gasteiger partial charge in [0.2, 0.25) is 5.75 Å². The number of aliphatic hydroxyl groups is 1. The second kappa shape index (κ2) is 8.92. The van der Waals surface area contributed by atoms with Crippen LogP contribution in [0.1, 0.15) is 18.4 Å². The number of methoxy groups -OCH3 is 3. The second-order valence-corrected chi connectivity index (χ2v) is 6.33. The van der Waals surface area contributed by atoms with Gasteiger partial charge in [0.25, 0.3) is 0 Å². The van der Waals surface area contributed by atoms with Crippen LogP contribution < -0.4 is 14.2 Å². The number of aliphatic hydroxyl groups excluding tert-OH is 1. The van der Waals surface area contributed by atoms with Crippen LogP contribution in [0.3, 0.4) is 0 Å². The number of benzene rings is 1. The summed E-state index contributed by atoms with van der Waals surface area (Å²) in [5.41, 5.74) is 0.869. The largest absolute Gasteiger partial charge is 0.493 e. The van der Waals surface area contributed by atoms with E-state index in [4.69, 9.17) is 19.3 Å². The van der Waals surface area contributed by atoms with Crippen molar-refractivity contribution in [3.63, 3.8) is 0 Å². The Morgan fingerprint density at radius 3 is 2.40 bits per heavy atom. The number of rotatable bonds is 8. The number of β-amino-alcohol motifs (C(OH)–C–C–N with tert-alkyl or cyclic N) is 1. The van der Waals surface area contributed by atoms with Crippen LogP contribution in [-0.2, 0) is 11.2 Å². The number of piperidine rings is 1. The number of likely N-dealkylation sites (tertiary alicyclic amines) is 1. The first-order valence-corrected chi connectivity index (χ1v) is 8.40. The van der Waals surface area contributed by atoms with Crippen molar-refractivity contribution in [3.8, 4) is 17.2 Å². The van der Waals surface area contributed by atoms with Gasteiger partial charge in [-0.1, -0.05) is 0 Å². The maximum atomic E-state index is 11.1. The first-order chi connectivity index (χ1) is 12.0. The van der Waals surface area contributed by atoms with Gasteiger partial charge in [-0.15, -0.1) is 0 Å². The van der Waals surface area contributed by atoms with Crippen molar-refractivity contribution in [1.29, 1.82) is 0 Å². The molecule has 1 fully saturated rings. The number of nitrogens with zero attached hydrogens (tertiary/aromatic N) is 1. The minimum Gasteiger partial charge on any atom is -0.493 e. The molecule has 2 atom stereocenters. The van der Waals surface area contributed by atoms with Crippen molar-refractivity contribution in [3.05, 3.63) is 17.7 Å². The van der Waals surface area contributed by atoms with Gasteiger partial charge < -0.3 is 24.4 Å². The second-order valence-electron chi connectivity index (χ2n) is 6.33. The standard InChI is InChI=1S/C18H27NO6/c1-23-15-8-12(9-16(24-2)17(15)25-3)7-14(20)11-19-6-4-5-13(10-19)18(21)22/h8-9,13-14,20H,4-7,10-11H2,1-3H3,(H,21,22). The van der Waals surface area contributed by atoms with Crippen molar-refractivity contribution in [2.24, 2.45) is 5.92 Å². The van der Waals surface area contributed by atoms with Crippen LogP contribution in [-0.4, -0.2) is 68.1 Å². The average molecular weight is 353 g/mol.